The molecule has 1 saturated carbocycles. The summed E-state index contributed by atoms with van der Waals surface area (Å²) < 4.78 is 2.05. The fourth-order valence-electron chi connectivity index (χ4n) is 2.59. The van der Waals surface area contributed by atoms with E-state index in [0.717, 1.165) is 5.69 Å². The van der Waals surface area contributed by atoms with Crippen LogP contribution in [-0.4, -0.2) is 25.7 Å². The zero-order valence-corrected chi connectivity index (χ0v) is 11.7. The number of carbonyl (C=O) groups excluding carboxylic acids is 1. The standard InChI is InChI=1S/C14H18N6O/c15-14(21)12-8-16-9-13(18-12)17-7-10-5-6-20(19-10)11-3-1-2-4-11/h5-6,8-9,11H,1-4,7H2,(H2,15,21)(H,17,18). The lowest BCUT2D eigenvalue weighted by atomic mass is 10.3. The topological polar surface area (TPSA) is 98.7 Å². The molecule has 0 radical (unpaired) electrons. The maximum Gasteiger partial charge on any atom is 0.268 e. The van der Waals surface area contributed by atoms with Crippen LogP contribution in [-0.2, 0) is 6.54 Å². The van der Waals surface area contributed by atoms with Gasteiger partial charge in [-0.15, -0.1) is 0 Å². The van der Waals surface area contributed by atoms with Crippen molar-refractivity contribution in [3.8, 4) is 0 Å². The summed E-state index contributed by atoms with van der Waals surface area (Å²) >= 11 is 0. The lowest BCUT2D eigenvalue weighted by Crippen LogP contribution is -2.14. The predicted octanol–water partition coefficient (Wildman–Crippen LogP) is 1.50. The molecule has 0 spiro atoms. The van der Waals surface area contributed by atoms with E-state index in [1.54, 1.807) is 6.20 Å². The number of nitrogens with one attached hydrogen (secondary N) is 1. The summed E-state index contributed by atoms with van der Waals surface area (Å²) in [5, 5.41) is 7.68. The van der Waals surface area contributed by atoms with E-state index in [-0.39, 0.29) is 5.69 Å². The van der Waals surface area contributed by atoms with Crippen LogP contribution in [0.2, 0.25) is 0 Å². The molecule has 0 unspecified atom stereocenters. The van der Waals surface area contributed by atoms with Gasteiger partial charge in [0.15, 0.2) is 0 Å². The Morgan fingerprint density at radius 2 is 2.19 bits per heavy atom. The van der Waals surface area contributed by atoms with Crippen LogP contribution in [0.4, 0.5) is 5.82 Å². The molecule has 0 aromatic carbocycles. The molecule has 3 N–H and O–H groups in total. The van der Waals surface area contributed by atoms with Crippen molar-refractivity contribution in [3.05, 3.63) is 36.0 Å². The average Bonchev–Trinajstić information content (AvgIpc) is 3.16. The molecule has 1 fully saturated rings. The summed E-state index contributed by atoms with van der Waals surface area (Å²) in [5.74, 6) is -0.0709. The van der Waals surface area contributed by atoms with Gasteiger partial charge in [0, 0.05) is 6.20 Å². The highest BCUT2D eigenvalue weighted by molar-refractivity contribution is 5.90. The van der Waals surface area contributed by atoms with E-state index in [9.17, 15) is 4.79 Å². The smallest absolute Gasteiger partial charge is 0.268 e. The van der Waals surface area contributed by atoms with Gasteiger partial charge in [-0.25, -0.2) is 4.98 Å². The number of anilines is 1. The molecule has 2 heterocycles. The van der Waals surface area contributed by atoms with Crippen molar-refractivity contribution in [2.45, 2.75) is 38.3 Å². The Morgan fingerprint density at radius 3 is 2.95 bits per heavy atom. The Hall–Kier alpha value is -2.44. The van der Waals surface area contributed by atoms with Gasteiger partial charge in [-0.3, -0.25) is 14.5 Å². The highest BCUT2D eigenvalue weighted by Gasteiger charge is 2.17. The van der Waals surface area contributed by atoms with Gasteiger partial charge in [0.05, 0.1) is 30.7 Å². The van der Waals surface area contributed by atoms with Gasteiger partial charge < -0.3 is 11.1 Å². The molecule has 21 heavy (non-hydrogen) atoms. The van der Waals surface area contributed by atoms with E-state index in [1.807, 2.05) is 12.3 Å². The molecule has 0 aliphatic heterocycles. The first-order valence-electron chi connectivity index (χ1n) is 7.12. The number of carbonyl (C=O) groups is 1. The second-order valence-corrected chi connectivity index (χ2v) is 5.23. The van der Waals surface area contributed by atoms with Crippen LogP contribution in [0.1, 0.15) is 47.9 Å². The first kappa shape index (κ1) is 13.5. The zero-order valence-electron chi connectivity index (χ0n) is 11.7. The highest BCUT2D eigenvalue weighted by atomic mass is 16.1. The van der Waals surface area contributed by atoms with E-state index < -0.39 is 5.91 Å². The second-order valence-electron chi connectivity index (χ2n) is 5.23. The van der Waals surface area contributed by atoms with E-state index in [4.69, 9.17) is 5.73 Å². The quantitative estimate of drug-likeness (QED) is 0.867. The van der Waals surface area contributed by atoms with Crippen LogP contribution in [0.5, 0.6) is 0 Å². The minimum absolute atomic E-state index is 0.150. The summed E-state index contributed by atoms with van der Waals surface area (Å²) in [6.07, 6.45) is 9.92. The van der Waals surface area contributed by atoms with Gasteiger partial charge in [0.2, 0.25) is 0 Å². The molecule has 1 aliphatic rings. The summed E-state index contributed by atoms with van der Waals surface area (Å²) in [7, 11) is 0. The van der Waals surface area contributed by atoms with E-state index in [0.29, 0.717) is 18.4 Å². The van der Waals surface area contributed by atoms with Crippen LogP contribution in [0.25, 0.3) is 0 Å². The monoisotopic (exact) mass is 286 g/mol. The van der Waals surface area contributed by atoms with Crippen molar-refractivity contribution >= 4 is 11.7 Å². The molecule has 2 aromatic rings. The van der Waals surface area contributed by atoms with Gasteiger partial charge in [0.1, 0.15) is 11.5 Å². The Bertz CT molecular complexity index is 632. The maximum absolute atomic E-state index is 11.1. The van der Waals surface area contributed by atoms with Crippen LogP contribution in [0.3, 0.4) is 0 Å². The number of amides is 1. The fourth-order valence-corrected chi connectivity index (χ4v) is 2.59. The van der Waals surface area contributed by atoms with Gasteiger partial charge in [-0.2, -0.15) is 5.10 Å². The molecule has 1 aliphatic carbocycles. The van der Waals surface area contributed by atoms with Crippen LogP contribution >= 0.6 is 0 Å². The number of rotatable bonds is 5. The molecular formula is C14H18N6O. The summed E-state index contributed by atoms with van der Waals surface area (Å²) in [6.45, 7) is 0.538. The summed E-state index contributed by atoms with van der Waals surface area (Å²) in [4.78, 5) is 19.1. The zero-order chi connectivity index (χ0) is 14.7. The van der Waals surface area contributed by atoms with Crippen molar-refractivity contribution in [2.24, 2.45) is 5.73 Å². The van der Waals surface area contributed by atoms with E-state index in [2.05, 4.69) is 25.1 Å². The van der Waals surface area contributed by atoms with Crippen LogP contribution < -0.4 is 11.1 Å². The van der Waals surface area contributed by atoms with Crippen molar-refractivity contribution in [2.75, 3.05) is 5.32 Å². The molecular weight excluding hydrogens is 268 g/mol. The third-order valence-electron chi connectivity index (χ3n) is 3.70. The molecule has 0 atom stereocenters. The Morgan fingerprint density at radius 1 is 1.38 bits per heavy atom. The minimum atomic E-state index is -0.586. The molecule has 2 aromatic heterocycles. The molecule has 0 bridgehead atoms. The molecule has 7 nitrogen and oxygen atoms in total. The average molecular weight is 286 g/mol. The number of nitrogens with two attached hydrogens (primary N) is 1. The van der Waals surface area contributed by atoms with Crippen molar-refractivity contribution in [1.82, 2.24) is 19.7 Å². The van der Waals surface area contributed by atoms with E-state index in [1.165, 1.54) is 31.9 Å². The molecule has 7 heteroatoms. The number of hydrogen-bond donors (Lipinski definition) is 2. The normalized spacial score (nSPS) is 15.2. The first-order chi connectivity index (χ1) is 10.2. The fraction of sp³-hybridized carbons (Fsp3) is 0.429. The van der Waals surface area contributed by atoms with Gasteiger partial charge >= 0.3 is 0 Å². The van der Waals surface area contributed by atoms with Crippen LogP contribution in [0.15, 0.2) is 24.7 Å². The summed E-state index contributed by atoms with van der Waals surface area (Å²) in [6, 6.07) is 2.54. The van der Waals surface area contributed by atoms with Crippen molar-refractivity contribution < 1.29 is 4.79 Å². The third kappa shape index (κ3) is 3.18. The van der Waals surface area contributed by atoms with Crippen molar-refractivity contribution in [3.63, 3.8) is 0 Å². The van der Waals surface area contributed by atoms with E-state index >= 15 is 0 Å². The maximum atomic E-state index is 11.1. The molecule has 0 saturated heterocycles. The SMILES string of the molecule is NC(=O)c1cncc(NCc2ccn(C3CCCC3)n2)n1. The summed E-state index contributed by atoms with van der Waals surface area (Å²) in [5.41, 5.74) is 6.27. The Labute approximate surface area is 122 Å². The molecule has 3 rings (SSSR count). The first-order valence-corrected chi connectivity index (χ1v) is 7.12. The highest BCUT2D eigenvalue weighted by Crippen LogP contribution is 2.28. The van der Waals surface area contributed by atoms with Crippen molar-refractivity contribution in [1.29, 1.82) is 0 Å². The lowest BCUT2D eigenvalue weighted by molar-refractivity contribution is 0.0995. The number of primary amides is 1. The number of aromatic nitrogens is 4. The van der Waals surface area contributed by atoms with Gasteiger partial charge in [0.25, 0.3) is 5.91 Å². The second kappa shape index (κ2) is 5.90. The number of hydrogen-bond acceptors (Lipinski definition) is 5. The molecule has 110 valence electrons. The van der Waals surface area contributed by atoms with Gasteiger partial charge in [-0.1, -0.05) is 12.8 Å². The van der Waals surface area contributed by atoms with Gasteiger partial charge in [-0.05, 0) is 18.9 Å². The van der Waals surface area contributed by atoms with Crippen LogP contribution in [0, 0.1) is 0 Å². The lowest BCUT2D eigenvalue weighted by Gasteiger charge is -2.09. The third-order valence-corrected chi connectivity index (χ3v) is 3.70. The Balaban J connectivity index is 1.62. The predicted molar refractivity (Wildman–Crippen MR) is 77.6 cm³/mol. The molecule has 1 amide bonds. The Kier molecular flexibility index (Phi) is 3.81. The largest absolute Gasteiger partial charge is 0.364 e. The minimum Gasteiger partial charge on any atom is -0.364 e. The number of nitrogens with zero attached hydrogens (tertiary/aromatic N) is 4.